The summed E-state index contributed by atoms with van der Waals surface area (Å²) in [6.07, 6.45) is 9.88. The predicted octanol–water partition coefficient (Wildman–Crippen LogP) is 5.25. The molecule has 0 aliphatic heterocycles. The van der Waals surface area contributed by atoms with Crippen LogP contribution in [0.25, 0.3) is 0 Å². The smallest absolute Gasteiger partial charge is 0.128 e. The molecular formula is C27H31NO2. The zero-order valence-corrected chi connectivity index (χ0v) is 17.7. The average Bonchev–Trinajstić information content (AvgIpc) is 3.02. The summed E-state index contributed by atoms with van der Waals surface area (Å²) in [5, 5.41) is 21.9. The van der Waals surface area contributed by atoms with Crippen molar-refractivity contribution < 1.29 is 10.2 Å². The summed E-state index contributed by atoms with van der Waals surface area (Å²) in [5.41, 5.74) is 5.59. The molecule has 4 fully saturated rings. The van der Waals surface area contributed by atoms with Crippen LogP contribution in [-0.4, -0.2) is 22.5 Å². The molecule has 2 aromatic rings. The van der Waals surface area contributed by atoms with Gasteiger partial charge in [0.15, 0.2) is 0 Å². The summed E-state index contributed by atoms with van der Waals surface area (Å²) >= 11 is 0. The van der Waals surface area contributed by atoms with Gasteiger partial charge >= 0.3 is 0 Å². The number of hydrogen-bond donors (Lipinski definition) is 2. The van der Waals surface area contributed by atoms with Crippen LogP contribution in [-0.2, 0) is 11.8 Å². The van der Waals surface area contributed by atoms with E-state index >= 15 is 0 Å². The summed E-state index contributed by atoms with van der Waals surface area (Å²) in [5.74, 6) is 2.96. The first-order chi connectivity index (χ1) is 14.5. The van der Waals surface area contributed by atoms with Crippen molar-refractivity contribution in [1.82, 2.24) is 0 Å². The fourth-order valence-electron chi connectivity index (χ4n) is 7.64. The lowest BCUT2D eigenvalue weighted by molar-refractivity contribution is -0.00616. The van der Waals surface area contributed by atoms with E-state index in [1.807, 2.05) is 24.4 Å². The molecule has 156 valence electrons. The molecule has 4 saturated carbocycles. The summed E-state index contributed by atoms with van der Waals surface area (Å²) < 4.78 is 0. The molecular weight excluding hydrogens is 370 g/mol. The number of aliphatic imine (C=N–C) groups is 1. The molecule has 0 heterocycles. The number of nitrogens with zero attached hydrogens (tertiary/aromatic N) is 1. The number of aryl methyl sites for hydroxylation is 1. The van der Waals surface area contributed by atoms with Crippen LogP contribution in [0.15, 0.2) is 41.4 Å². The van der Waals surface area contributed by atoms with Crippen molar-refractivity contribution in [1.29, 1.82) is 0 Å². The Kier molecular flexibility index (Phi) is 4.15. The molecule has 7 rings (SSSR count). The van der Waals surface area contributed by atoms with Crippen LogP contribution in [0, 0.1) is 24.7 Å². The second-order valence-corrected chi connectivity index (χ2v) is 10.6. The summed E-state index contributed by atoms with van der Waals surface area (Å²) in [6.45, 7) is 2.13. The summed E-state index contributed by atoms with van der Waals surface area (Å²) in [7, 11) is 0. The third-order valence-corrected chi connectivity index (χ3v) is 8.43. The number of hydrogen-bond acceptors (Lipinski definition) is 3. The van der Waals surface area contributed by atoms with Crippen LogP contribution in [0.4, 0.5) is 0 Å². The van der Waals surface area contributed by atoms with Crippen molar-refractivity contribution in [2.45, 2.75) is 69.4 Å². The van der Waals surface area contributed by atoms with Gasteiger partial charge in [0, 0.05) is 23.8 Å². The molecule has 5 aliphatic carbocycles. The third kappa shape index (κ3) is 2.85. The van der Waals surface area contributed by atoms with Crippen LogP contribution in [0.3, 0.4) is 0 Å². The Hall–Kier alpha value is -2.13. The fraction of sp³-hybridized carbons (Fsp3) is 0.519. The highest BCUT2D eigenvalue weighted by molar-refractivity contribution is 5.85. The van der Waals surface area contributed by atoms with E-state index in [0.29, 0.717) is 12.2 Å². The number of aromatic hydroxyl groups is 1. The van der Waals surface area contributed by atoms with Crippen molar-refractivity contribution >= 4 is 6.21 Å². The minimum atomic E-state index is -0.492. The van der Waals surface area contributed by atoms with E-state index < -0.39 is 6.10 Å². The first-order valence-electron chi connectivity index (χ1n) is 11.6. The minimum absolute atomic E-state index is 0.160. The number of fused-ring (bicyclic) bond motifs is 1. The second kappa shape index (κ2) is 6.68. The van der Waals surface area contributed by atoms with Crippen molar-refractivity contribution in [3.63, 3.8) is 0 Å². The molecule has 0 aromatic heterocycles. The average molecular weight is 402 g/mol. The predicted molar refractivity (Wildman–Crippen MR) is 119 cm³/mol. The van der Waals surface area contributed by atoms with Crippen LogP contribution >= 0.6 is 0 Å². The van der Waals surface area contributed by atoms with Gasteiger partial charge in [0.1, 0.15) is 11.8 Å². The van der Waals surface area contributed by atoms with Gasteiger partial charge in [-0.2, -0.15) is 0 Å². The number of phenols is 1. The topological polar surface area (TPSA) is 52.8 Å². The monoisotopic (exact) mass is 401 g/mol. The number of aliphatic hydroxyl groups excluding tert-OH is 1. The third-order valence-electron chi connectivity index (χ3n) is 8.43. The Morgan fingerprint density at radius 1 is 1.00 bits per heavy atom. The zero-order chi connectivity index (χ0) is 20.5. The molecule has 0 unspecified atom stereocenters. The molecule has 2 atom stereocenters. The Balaban J connectivity index is 1.36. The largest absolute Gasteiger partial charge is 0.507 e. The molecule has 4 bridgehead atoms. The number of benzene rings is 2. The highest BCUT2D eigenvalue weighted by atomic mass is 16.3. The molecule has 0 saturated heterocycles. The molecule has 0 radical (unpaired) electrons. The summed E-state index contributed by atoms with van der Waals surface area (Å²) in [6, 6.07) is 12.2. The molecule has 5 aliphatic rings. The summed E-state index contributed by atoms with van der Waals surface area (Å²) in [4.78, 5) is 4.77. The Morgan fingerprint density at radius 2 is 1.67 bits per heavy atom. The number of rotatable bonds is 3. The minimum Gasteiger partial charge on any atom is -0.507 e. The zero-order valence-electron chi connectivity index (χ0n) is 17.7. The van der Waals surface area contributed by atoms with E-state index in [1.54, 1.807) is 0 Å². The number of phenolic OH excluding ortho intramolecular Hbond substituents is 1. The van der Waals surface area contributed by atoms with Crippen molar-refractivity contribution in [3.05, 3.63) is 64.2 Å². The van der Waals surface area contributed by atoms with Crippen LogP contribution < -0.4 is 0 Å². The molecule has 3 nitrogen and oxygen atoms in total. The van der Waals surface area contributed by atoms with Gasteiger partial charge in [-0.15, -0.1) is 0 Å². The van der Waals surface area contributed by atoms with Crippen LogP contribution in [0.2, 0.25) is 0 Å². The lowest BCUT2D eigenvalue weighted by atomic mass is 9.48. The SMILES string of the molecule is Cc1cc(C=N[C@@H]2c3ccccc3C[C@@H]2O)c(O)c(C23CC4CC(CC(C4)C2)C3)c1. The van der Waals surface area contributed by atoms with Gasteiger partial charge in [-0.1, -0.05) is 30.3 Å². The van der Waals surface area contributed by atoms with Gasteiger partial charge in [-0.3, -0.25) is 4.99 Å². The van der Waals surface area contributed by atoms with Gasteiger partial charge < -0.3 is 10.2 Å². The standard InChI is InChI=1S/C27H31NO2/c1-16-6-21(15-28-25-22-5-3-2-4-20(22)11-24(25)29)26(30)23(7-16)27-12-17-8-18(13-27)10-19(9-17)14-27/h2-7,15,17-19,24-25,29-30H,8-14H2,1H3/t17?,18?,19?,24-,25+,27?/m0/s1. The van der Waals surface area contributed by atoms with E-state index in [-0.39, 0.29) is 11.5 Å². The lowest BCUT2D eigenvalue weighted by Gasteiger charge is -2.57. The first-order valence-corrected chi connectivity index (χ1v) is 11.6. The number of aliphatic hydroxyl groups is 1. The normalized spacial score (nSPS) is 36.5. The van der Waals surface area contributed by atoms with Crippen molar-refractivity contribution in [2.75, 3.05) is 0 Å². The maximum atomic E-state index is 11.4. The van der Waals surface area contributed by atoms with E-state index in [0.717, 1.165) is 34.4 Å². The van der Waals surface area contributed by atoms with E-state index in [2.05, 4.69) is 25.1 Å². The Morgan fingerprint density at radius 3 is 2.37 bits per heavy atom. The Labute approximate surface area is 178 Å². The maximum absolute atomic E-state index is 11.4. The van der Waals surface area contributed by atoms with Gasteiger partial charge in [0.05, 0.1) is 6.10 Å². The highest BCUT2D eigenvalue weighted by Gasteiger charge is 2.52. The molecule has 0 amide bonds. The van der Waals surface area contributed by atoms with Gasteiger partial charge in [-0.05, 0) is 91.4 Å². The van der Waals surface area contributed by atoms with E-state index in [1.165, 1.54) is 49.7 Å². The quantitative estimate of drug-likeness (QED) is 0.691. The lowest BCUT2D eigenvalue weighted by Crippen LogP contribution is -2.48. The Bertz CT molecular complexity index is 988. The molecule has 3 heteroatoms. The van der Waals surface area contributed by atoms with Crippen molar-refractivity contribution in [3.8, 4) is 5.75 Å². The molecule has 30 heavy (non-hydrogen) atoms. The molecule has 0 spiro atoms. The van der Waals surface area contributed by atoms with Crippen LogP contribution in [0.1, 0.15) is 72.4 Å². The molecule has 2 aromatic carbocycles. The first kappa shape index (κ1) is 18.6. The maximum Gasteiger partial charge on any atom is 0.128 e. The van der Waals surface area contributed by atoms with E-state index in [4.69, 9.17) is 4.99 Å². The van der Waals surface area contributed by atoms with Gasteiger partial charge in [0.25, 0.3) is 0 Å². The van der Waals surface area contributed by atoms with E-state index in [9.17, 15) is 10.2 Å². The van der Waals surface area contributed by atoms with Gasteiger partial charge in [-0.25, -0.2) is 0 Å². The van der Waals surface area contributed by atoms with Gasteiger partial charge in [0.2, 0.25) is 0 Å². The fourth-order valence-corrected chi connectivity index (χ4v) is 7.64. The van der Waals surface area contributed by atoms with Crippen LogP contribution in [0.5, 0.6) is 5.75 Å². The van der Waals surface area contributed by atoms with Crippen molar-refractivity contribution in [2.24, 2.45) is 22.7 Å². The molecule has 2 N–H and O–H groups in total. The highest BCUT2D eigenvalue weighted by Crippen LogP contribution is 2.62. The second-order valence-electron chi connectivity index (χ2n) is 10.6.